The number of pyridine rings is 1. The summed E-state index contributed by atoms with van der Waals surface area (Å²) in [4.78, 5) is 14.7. The highest BCUT2D eigenvalue weighted by Crippen LogP contribution is 2.26. The van der Waals surface area contributed by atoms with Crippen molar-refractivity contribution in [3.05, 3.63) is 77.0 Å². The first-order valence-corrected chi connectivity index (χ1v) is 7.28. The predicted molar refractivity (Wildman–Crippen MR) is 92.6 cm³/mol. The van der Waals surface area contributed by atoms with Crippen molar-refractivity contribution in [3.63, 3.8) is 0 Å². The highest BCUT2D eigenvalue weighted by Gasteiger charge is 2.07. The molecule has 1 aromatic heterocycles. The van der Waals surface area contributed by atoms with Gasteiger partial charge in [0.2, 0.25) is 0 Å². The van der Waals surface area contributed by atoms with Gasteiger partial charge in [0.15, 0.2) is 0 Å². The van der Waals surface area contributed by atoms with E-state index in [1.54, 1.807) is 25.4 Å². The molecule has 1 heterocycles. The molecule has 3 aromatic rings. The zero-order valence-electron chi connectivity index (χ0n) is 13.0. The van der Waals surface area contributed by atoms with E-state index < -0.39 is 4.92 Å². The number of benzene rings is 2. The Kier molecular flexibility index (Phi) is 4.38. The van der Waals surface area contributed by atoms with E-state index >= 15 is 0 Å². The predicted octanol–water partition coefficient (Wildman–Crippen LogP) is 4.41. The molecule has 0 saturated carbocycles. The topological polar surface area (TPSA) is 77.3 Å². The number of nitro benzene ring substituents is 1. The Labute approximate surface area is 138 Å². The number of aromatic nitrogens is 1. The van der Waals surface area contributed by atoms with Gasteiger partial charge in [-0.1, -0.05) is 18.2 Å². The Bertz CT molecular complexity index is 881. The zero-order chi connectivity index (χ0) is 16.9. The minimum absolute atomic E-state index is 0.0314. The number of hydrogen-bond acceptors (Lipinski definition) is 5. The Morgan fingerprint density at radius 2 is 1.83 bits per heavy atom. The maximum Gasteiger partial charge on any atom is 0.271 e. The van der Waals surface area contributed by atoms with Crippen LogP contribution in [0.2, 0.25) is 0 Å². The molecule has 0 spiro atoms. The van der Waals surface area contributed by atoms with Crippen molar-refractivity contribution < 1.29 is 9.66 Å². The van der Waals surface area contributed by atoms with E-state index in [2.05, 4.69) is 10.3 Å². The molecule has 120 valence electrons. The molecule has 0 radical (unpaired) electrons. The first-order chi connectivity index (χ1) is 11.7. The minimum Gasteiger partial charge on any atom is -0.497 e. The maximum absolute atomic E-state index is 10.9. The normalized spacial score (nSPS) is 10.2. The van der Waals surface area contributed by atoms with Crippen molar-refractivity contribution in [2.75, 3.05) is 12.4 Å². The van der Waals surface area contributed by atoms with Crippen molar-refractivity contribution >= 4 is 17.2 Å². The lowest BCUT2D eigenvalue weighted by Gasteiger charge is -2.08. The van der Waals surface area contributed by atoms with Gasteiger partial charge in [-0.3, -0.25) is 10.1 Å². The summed E-state index contributed by atoms with van der Waals surface area (Å²) in [5.41, 5.74) is 2.61. The quantitative estimate of drug-likeness (QED) is 0.556. The number of nitrogens with zero attached hydrogens (tertiary/aromatic N) is 2. The van der Waals surface area contributed by atoms with Gasteiger partial charge in [-0.15, -0.1) is 0 Å². The van der Waals surface area contributed by atoms with Crippen LogP contribution in [0.5, 0.6) is 5.75 Å². The zero-order valence-corrected chi connectivity index (χ0v) is 13.0. The number of ether oxygens (including phenoxy) is 1. The summed E-state index contributed by atoms with van der Waals surface area (Å²) in [6.45, 7) is 0. The van der Waals surface area contributed by atoms with Gasteiger partial charge in [-0.05, 0) is 41.5 Å². The first kappa shape index (κ1) is 15.5. The van der Waals surface area contributed by atoms with Crippen molar-refractivity contribution in [2.24, 2.45) is 0 Å². The lowest BCUT2D eigenvalue weighted by molar-refractivity contribution is -0.384. The molecule has 0 aliphatic heterocycles. The molecule has 0 amide bonds. The molecular formula is C18H15N3O3. The summed E-state index contributed by atoms with van der Waals surface area (Å²) < 4.78 is 5.24. The van der Waals surface area contributed by atoms with Gasteiger partial charge in [0.1, 0.15) is 11.6 Å². The van der Waals surface area contributed by atoms with Crippen LogP contribution in [0.4, 0.5) is 17.2 Å². The van der Waals surface area contributed by atoms with Gasteiger partial charge in [0, 0.05) is 24.0 Å². The van der Waals surface area contributed by atoms with E-state index in [0.717, 1.165) is 16.9 Å². The van der Waals surface area contributed by atoms with E-state index in [1.807, 2.05) is 36.4 Å². The second-order valence-corrected chi connectivity index (χ2v) is 5.09. The van der Waals surface area contributed by atoms with Crippen LogP contribution in [0, 0.1) is 10.1 Å². The number of anilines is 2. The molecular weight excluding hydrogens is 306 g/mol. The highest BCUT2D eigenvalue weighted by molar-refractivity contribution is 5.70. The Morgan fingerprint density at radius 1 is 1.04 bits per heavy atom. The number of hydrogen-bond donors (Lipinski definition) is 1. The number of non-ortho nitro benzene ring substituents is 1. The standard InChI is InChI=1S/C18H15N3O3/c1-24-17-7-2-4-13(10-17)14-8-9-19-18(11-14)20-15-5-3-6-16(12-15)21(22)23/h2-12H,1H3,(H,19,20). The van der Waals surface area contributed by atoms with Gasteiger partial charge >= 0.3 is 0 Å². The van der Waals surface area contributed by atoms with Gasteiger partial charge in [-0.25, -0.2) is 4.98 Å². The summed E-state index contributed by atoms with van der Waals surface area (Å²) in [6, 6.07) is 17.8. The molecule has 0 aliphatic rings. The highest BCUT2D eigenvalue weighted by atomic mass is 16.6. The number of methoxy groups -OCH3 is 1. The molecule has 0 saturated heterocycles. The lowest BCUT2D eigenvalue weighted by Crippen LogP contribution is -1.95. The fourth-order valence-electron chi connectivity index (χ4n) is 2.33. The van der Waals surface area contributed by atoms with Crippen LogP contribution in [-0.4, -0.2) is 17.0 Å². The summed E-state index contributed by atoms with van der Waals surface area (Å²) in [5, 5.41) is 13.9. The molecule has 1 N–H and O–H groups in total. The average Bonchev–Trinajstić information content (AvgIpc) is 2.62. The third kappa shape index (κ3) is 3.49. The molecule has 2 aromatic carbocycles. The molecule has 24 heavy (non-hydrogen) atoms. The van der Waals surface area contributed by atoms with Crippen molar-refractivity contribution in [3.8, 4) is 16.9 Å². The fraction of sp³-hybridized carbons (Fsp3) is 0.0556. The Balaban J connectivity index is 1.88. The largest absolute Gasteiger partial charge is 0.497 e. The molecule has 3 rings (SSSR count). The van der Waals surface area contributed by atoms with Crippen LogP contribution in [0.1, 0.15) is 0 Å². The summed E-state index contributed by atoms with van der Waals surface area (Å²) in [6.07, 6.45) is 1.69. The number of nitrogens with one attached hydrogen (secondary N) is 1. The van der Waals surface area contributed by atoms with Crippen LogP contribution in [0.25, 0.3) is 11.1 Å². The summed E-state index contributed by atoms with van der Waals surface area (Å²) in [5.74, 6) is 1.38. The Hall–Kier alpha value is -3.41. The van der Waals surface area contributed by atoms with Crippen LogP contribution in [0.15, 0.2) is 66.9 Å². The van der Waals surface area contributed by atoms with Crippen molar-refractivity contribution in [1.82, 2.24) is 4.98 Å². The lowest BCUT2D eigenvalue weighted by atomic mass is 10.1. The third-order valence-electron chi connectivity index (χ3n) is 3.49. The monoisotopic (exact) mass is 321 g/mol. The maximum atomic E-state index is 10.9. The van der Waals surface area contributed by atoms with Gasteiger partial charge in [0.25, 0.3) is 5.69 Å². The van der Waals surface area contributed by atoms with Gasteiger partial charge < -0.3 is 10.1 Å². The smallest absolute Gasteiger partial charge is 0.271 e. The SMILES string of the molecule is COc1cccc(-c2ccnc(Nc3cccc([N+](=O)[O-])c3)c2)c1. The van der Waals surface area contributed by atoms with Crippen LogP contribution < -0.4 is 10.1 Å². The van der Waals surface area contributed by atoms with E-state index in [9.17, 15) is 10.1 Å². The van der Waals surface area contributed by atoms with E-state index in [1.165, 1.54) is 12.1 Å². The van der Waals surface area contributed by atoms with E-state index in [4.69, 9.17) is 4.74 Å². The summed E-state index contributed by atoms with van der Waals surface area (Å²) in [7, 11) is 1.63. The van der Waals surface area contributed by atoms with E-state index in [0.29, 0.717) is 11.5 Å². The van der Waals surface area contributed by atoms with Gasteiger partial charge in [-0.2, -0.15) is 0 Å². The number of nitro groups is 1. The second kappa shape index (κ2) is 6.78. The molecule has 6 nitrogen and oxygen atoms in total. The molecule has 0 bridgehead atoms. The fourth-order valence-corrected chi connectivity index (χ4v) is 2.33. The average molecular weight is 321 g/mol. The van der Waals surface area contributed by atoms with Crippen molar-refractivity contribution in [2.45, 2.75) is 0 Å². The summed E-state index contributed by atoms with van der Waals surface area (Å²) >= 11 is 0. The van der Waals surface area contributed by atoms with Crippen LogP contribution >= 0.6 is 0 Å². The molecule has 0 aliphatic carbocycles. The van der Waals surface area contributed by atoms with Crippen LogP contribution in [0.3, 0.4) is 0 Å². The third-order valence-corrected chi connectivity index (χ3v) is 3.49. The molecule has 0 atom stereocenters. The first-order valence-electron chi connectivity index (χ1n) is 7.28. The van der Waals surface area contributed by atoms with Gasteiger partial charge in [0.05, 0.1) is 12.0 Å². The molecule has 0 unspecified atom stereocenters. The second-order valence-electron chi connectivity index (χ2n) is 5.09. The van der Waals surface area contributed by atoms with Crippen molar-refractivity contribution in [1.29, 1.82) is 0 Å². The molecule has 6 heteroatoms. The molecule has 0 fully saturated rings. The number of rotatable bonds is 5. The Morgan fingerprint density at radius 3 is 2.62 bits per heavy atom. The van der Waals surface area contributed by atoms with E-state index in [-0.39, 0.29) is 5.69 Å². The minimum atomic E-state index is -0.425. The van der Waals surface area contributed by atoms with Crippen LogP contribution in [-0.2, 0) is 0 Å².